The molecule has 0 rings (SSSR count). The van der Waals surface area contributed by atoms with Crippen LogP contribution < -0.4 is 21.7 Å². The van der Waals surface area contributed by atoms with Gasteiger partial charge in [0.1, 0.15) is 18.1 Å². The van der Waals surface area contributed by atoms with Gasteiger partial charge in [0.15, 0.2) is 0 Å². The summed E-state index contributed by atoms with van der Waals surface area (Å²) in [7, 11) is 0. The maximum Gasteiger partial charge on any atom is 0.325 e. The first-order valence-electron chi connectivity index (χ1n) is 8.51. The van der Waals surface area contributed by atoms with Gasteiger partial charge in [0, 0.05) is 0 Å². The number of carbonyl (C=O) groups is 5. The van der Waals surface area contributed by atoms with Crippen molar-refractivity contribution in [2.24, 2.45) is 11.7 Å². The van der Waals surface area contributed by atoms with E-state index in [0.717, 1.165) is 0 Å². The lowest BCUT2D eigenvalue weighted by molar-refractivity contribution is -0.141. The number of carboxylic acids is 2. The fraction of sp³-hybridized carbons (Fsp3) is 0.688. The first-order chi connectivity index (χ1) is 12.4. The zero-order chi connectivity index (χ0) is 21.3. The van der Waals surface area contributed by atoms with E-state index in [0.29, 0.717) is 6.42 Å². The molecule has 0 saturated heterocycles. The van der Waals surface area contributed by atoms with E-state index in [2.05, 4.69) is 16.0 Å². The molecule has 0 heterocycles. The third kappa shape index (κ3) is 8.49. The smallest absolute Gasteiger partial charge is 0.325 e. The fourth-order valence-corrected chi connectivity index (χ4v) is 2.01. The van der Waals surface area contributed by atoms with Gasteiger partial charge in [-0.3, -0.25) is 24.0 Å². The normalized spacial score (nSPS) is 16.2. The minimum Gasteiger partial charge on any atom is -0.481 e. The van der Waals surface area contributed by atoms with Gasteiger partial charge in [-0.05, 0) is 19.8 Å². The van der Waals surface area contributed by atoms with Crippen molar-refractivity contribution in [3.05, 3.63) is 0 Å². The van der Waals surface area contributed by atoms with Gasteiger partial charge >= 0.3 is 11.9 Å². The number of hydrogen-bond donors (Lipinski definition) is 6. The summed E-state index contributed by atoms with van der Waals surface area (Å²) >= 11 is 0. The molecule has 0 aromatic carbocycles. The van der Waals surface area contributed by atoms with Crippen molar-refractivity contribution < 1.29 is 34.2 Å². The third-order valence-corrected chi connectivity index (χ3v) is 4.01. The van der Waals surface area contributed by atoms with Gasteiger partial charge in [0.05, 0.1) is 12.5 Å². The summed E-state index contributed by atoms with van der Waals surface area (Å²) in [6, 6.07) is -4.53. The summed E-state index contributed by atoms with van der Waals surface area (Å²) in [5.74, 6) is -4.95. The molecule has 0 aliphatic rings. The van der Waals surface area contributed by atoms with Gasteiger partial charge in [-0.2, -0.15) is 0 Å². The first-order valence-corrected chi connectivity index (χ1v) is 8.51. The monoisotopic (exact) mass is 388 g/mol. The van der Waals surface area contributed by atoms with Crippen molar-refractivity contribution in [1.82, 2.24) is 16.0 Å². The van der Waals surface area contributed by atoms with Gasteiger partial charge in [-0.15, -0.1) is 0 Å². The van der Waals surface area contributed by atoms with Crippen LogP contribution in [-0.2, 0) is 24.0 Å². The molecule has 0 spiro atoms. The Morgan fingerprint density at radius 3 is 1.81 bits per heavy atom. The molecule has 0 aromatic heterocycles. The molecule has 154 valence electrons. The van der Waals surface area contributed by atoms with E-state index in [-0.39, 0.29) is 5.92 Å². The molecule has 0 bridgehead atoms. The lowest BCUT2D eigenvalue weighted by Crippen LogP contribution is -2.57. The summed E-state index contributed by atoms with van der Waals surface area (Å²) in [6.07, 6.45) is -0.0737. The van der Waals surface area contributed by atoms with E-state index in [1.54, 1.807) is 13.8 Å². The first kappa shape index (κ1) is 24.3. The molecular weight excluding hydrogens is 360 g/mol. The number of carboxylic acid groups (broad SMARTS) is 2. The van der Waals surface area contributed by atoms with Crippen molar-refractivity contribution in [2.45, 2.75) is 64.7 Å². The zero-order valence-corrected chi connectivity index (χ0v) is 15.8. The number of rotatable bonds is 11. The van der Waals surface area contributed by atoms with Crippen LogP contribution in [0.4, 0.5) is 0 Å². The van der Waals surface area contributed by atoms with E-state index in [4.69, 9.17) is 15.9 Å². The van der Waals surface area contributed by atoms with Crippen molar-refractivity contribution in [3.63, 3.8) is 0 Å². The zero-order valence-electron chi connectivity index (χ0n) is 15.8. The summed E-state index contributed by atoms with van der Waals surface area (Å²) in [6.45, 7) is 6.14. The fourth-order valence-electron chi connectivity index (χ4n) is 2.01. The summed E-state index contributed by atoms with van der Waals surface area (Å²) in [5.41, 5.74) is 5.50. The Balaban J connectivity index is 5.02. The number of amides is 3. The number of nitrogens with two attached hydrogens (primary N) is 1. The molecule has 0 aliphatic carbocycles. The van der Waals surface area contributed by atoms with Crippen LogP contribution in [0.2, 0.25) is 0 Å². The molecule has 27 heavy (non-hydrogen) atoms. The number of nitrogens with one attached hydrogen (secondary N) is 3. The highest BCUT2D eigenvalue weighted by Gasteiger charge is 2.30. The minimum atomic E-state index is -1.32. The van der Waals surface area contributed by atoms with Crippen molar-refractivity contribution in [3.8, 4) is 0 Å². The molecule has 0 aromatic rings. The average Bonchev–Trinajstić information content (AvgIpc) is 2.57. The Kier molecular flexibility index (Phi) is 10.0. The second kappa shape index (κ2) is 11.1. The van der Waals surface area contributed by atoms with Crippen LogP contribution in [0.15, 0.2) is 0 Å². The highest BCUT2D eigenvalue weighted by Crippen LogP contribution is 2.09. The molecule has 5 unspecified atom stereocenters. The predicted octanol–water partition coefficient (Wildman–Crippen LogP) is -1.59. The molecule has 11 heteroatoms. The number of hydrogen-bond acceptors (Lipinski definition) is 6. The Labute approximate surface area is 157 Å². The molecule has 5 atom stereocenters. The second-order valence-electron chi connectivity index (χ2n) is 6.37. The maximum absolute atomic E-state index is 12.5. The van der Waals surface area contributed by atoms with E-state index in [1.165, 1.54) is 13.8 Å². The summed E-state index contributed by atoms with van der Waals surface area (Å²) in [4.78, 5) is 57.9. The van der Waals surface area contributed by atoms with Crippen LogP contribution in [-0.4, -0.2) is 64.0 Å². The minimum absolute atomic E-state index is 0.320. The second-order valence-corrected chi connectivity index (χ2v) is 6.37. The average molecular weight is 388 g/mol. The standard InChI is InChI=1S/C16H28N4O7/c1-5-7(2)12(20-14(24)10(17)6-11(21)22)15(25)18-8(3)13(23)19-9(4)16(26)27/h7-10,12H,5-6,17H2,1-4H3,(H,18,25)(H,19,23)(H,20,24)(H,21,22)(H,26,27). The third-order valence-electron chi connectivity index (χ3n) is 4.01. The van der Waals surface area contributed by atoms with Gasteiger partial charge in [0.25, 0.3) is 0 Å². The van der Waals surface area contributed by atoms with Crippen LogP contribution in [0.5, 0.6) is 0 Å². The Morgan fingerprint density at radius 2 is 1.37 bits per heavy atom. The largest absolute Gasteiger partial charge is 0.481 e. The van der Waals surface area contributed by atoms with Gasteiger partial charge in [-0.25, -0.2) is 0 Å². The summed E-state index contributed by atoms with van der Waals surface area (Å²) in [5, 5.41) is 24.5. The van der Waals surface area contributed by atoms with Crippen LogP contribution in [0.1, 0.15) is 40.5 Å². The molecule has 0 aliphatic heterocycles. The van der Waals surface area contributed by atoms with Crippen LogP contribution >= 0.6 is 0 Å². The quantitative estimate of drug-likeness (QED) is 0.244. The predicted molar refractivity (Wildman–Crippen MR) is 94.5 cm³/mol. The topological polar surface area (TPSA) is 188 Å². The van der Waals surface area contributed by atoms with E-state index >= 15 is 0 Å². The Hall–Kier alpha value is -2.69. The highest BCUT2D eigenvalue weighted by molar-refractivity contribution is 5.94. The van der Waals surface area contributed by atoms with E-state index < -0.39 is 60.2 Å². The molecule has 0 fully saturated rings. The Morgan fingerprint density at radius 1 is 0.852 bits per heavy atom. The van der Waals surface area contributed by atoms with Crippen LogP contribution in [0.3, 0.4) is 0 Å². The summed E-state index contributed by atoms with van der Waals surface area (Å²) < 4.78 is 0. The van der Waals surface area contributed by atoms with Crippen LogP contribution in [0.25, 0.3) is 0 Å². The molecule has 11 nitrogen and oxygen atoms in total. The van der Waals surface area contributed by atoms with Gasteiger partial charge in [-0.1, -0.05) is 20.3 Å². The molecule has 0 radical (unpaired) electrons. The van der Waals surface area contributed by atoms with Crippen molar-refractivity contribution >= 4 is 29.7 Å². The van der Waals surface area contributed by atoms with Gasteiger partial charge in [0.2, 0.25) is 17.7 Å². The van der Waals surface area contributed by atoms with Crippen LogP contribution in [0, 0.1) is 5.92 Å². The van der Waals surface area contributed by atoms with Gasteiger partial charge < -0.3 is 31.9 Å². The van der Waals surface area contributed by atoms with Crippen molar-refractivity contribution in [1.29, 1.82) is 0 Å². The molecule has 7 N–H and O–H groups in total. The Bertz CT molecular complexity index is 581. The van der Waals surface area contributed by atoms with E-state index in [9.17, 15) is 24.0 Å². The number of carbonyl (C=O) groups excluding carboxylic acids is 3. The lowest BCUT2D eigenvalue weighted by atomic mass is 9.97. The maximum atomic E-state index is 12.5. The highest BCUT2D eigenvalue weighted by atomic mass is 16.4. The SMILES string of the molecule is CCC(C)C(NC(=O)C(N)CC(=O)O)C(=O)NC(C)C(=O)NC(C)C(=O)O. The molecular formula is C16H28N4O7. The van der Waals surface area contributed by atoms with Crippen molar-refractivity contribution in [2.75, 3.05) is 0 Å². The lowest BCUT2D eigenvalue weighted by Gasteiger charge is -2.26. The molecule has 0 saturated carbocycles. The number of aliphatic carboxylic acids is 2. The van der Waals surface area contributed by atoms with E-state index in [1.807, 2.05) is 0 Å². The molecule has 3 amide bonds.